The highest BCUT2D eigenvalue weighted by Crippen LogP contribution is 2.27. The number of hydrogen-bond donors (Lipinski definition) is 3. The van der Waals surface area contributed by atoms with Gasteiger partial charge in [-0.15, -0.1) is 0 Å². The Balaban J connectivity index is 1.73. The second-order valence-corrected chi connectivity index (χ2v) is 6.81. The fourth-order valence-corrected chi connectivity index (χ4v) is 3.45. The van der Waals surface area contributed by atoms with Crippen LogP contribution in [0.4, 0.5) is 0 Å². The van der Waals surface area contributed by atoms with Gasteiger partial charge >= 0.3 is 5.69 Å². The Kier molecular flexibility index (Phi) is 4.48. The Hall–Kier alpha value is -4.80. The fourth-order valence-electron chi connectivity index (χ4n) is 3.45. The van der Waals surface area contributed by atoms with Crippen molar-refractivity contribution < 1.29 is 9.53 Å². The Morgan fingerprint density at radius 2 is 1.81 bits per heavy atom. The number of H-pyrrole nitrogens is 2. The molecule has 5 aromatic rings. The van der Waals surface area contributed by atoms with Crippen molar-refractivity contribution in [2.24, 2.45) is 5.73 Å². The summed E-state index contributed by atoms with van der Waals surface area (Å²) >= 11 is 0. The summed E-state index contributed by atoms with van der Waals surface area (Å²) in [5, 5.41) is 6.63. The summed E-state index contributed by atoms with van der Waals surface area (Å²) in [6.07, 6.45) is 1.42. The number of amides is 1. The van der Waals surface area contributed by atoms with Crippen LogP contribution < -0.4 is 16.2 Å². The van der Waals surface area contributed by atoms with Gasteiger partial charge < -0.3 is 15.5 Å². The van der Waals surface area contributed by atoms with Crippen LogP contribution in [0.3, 0.4) is 0 Å². The third-order valence-corrected chi connectivity index (χ3v) is 4.93. The summed E-state index contributed by atoms with van der Waals surface area (Å²) < 4.78 is 6.72. The van der Waals surface area contributed by atoms with Crippen LogP contribution in [-0.4, -0.2) is 47.7 Å². The molecule has 158 valence electrons. The van der Waals surface area contributed by atoms with Crippen LogP contribution in [0.1, 0.15) is 10.5 Å². The third kappa shape index (κ3) is 3.08. The molecule has 4 N–H and O–H groups in total. The van der Waals surface area contributed by atoms with E-state index < -0.39 is 11.6 Å². The number of aromatic nitrogens is 7. The van der Waals surface area contributed by atoms with Gasteiger partial charge in [-0.25, -0.2) is 24.3 Å². The van der Waals surface area contributed by atoms with E-state index in [1.807, 2.05) is 12.1 Å². The number of rotatable bonds is 5. The van der Waals surface area contributed by atoms with E-state index in [2.05, 4.69) is 30.1 Å². The number of fused-ring (bicyclic) bond motifs is 1. The molecule has 1 amide bonds. The lowest BCUT2D eigenvalue weighted by atomic mass is 10.1. The summed E-state index contributed by atoms with van der Waals surface area (Å²) in [6.45, 7) is 0. The van der Waals surface area contributed by atoms with Gasteiger partial charge in [0, 0.05) is 11.1 Å². The van der Waals surface area contributed by atoms with Gasteiger partial charge in [-0.2, -0.15) is 5.10 Å². The number of carbonyl (C=O) groups excluding carboxylic acids is 1. The van der Waals surface area contributed by atoms with Gasteiger partial charge in [-0.05, 0) is 12.1 Å². The van der Waals surface area contributed by atoms with Gasteiger partial charge in [-0.3, -0.25) is 9.89 Å². The van der Waals surface area contributed by atoms with Crippen LogP contribution in [-0.2, 0) is 0 Å². The van der Waals surface area contributed by atoms with Crippen molar-refractivity contribution in [1.82, 2.24) is 34.7 Å². The average Bonchev–Trinajstić information content (AvgIpc) is 3.46. The van der Waals surface area contributed by atoms with Crippen LogP contribution in [0, 0.1) is 0 Å². The predicted molar refractivity (Wildman–Crippen MR) is 115 cm³/mol. The first kappa shape index (κ1) is 19.2. The van der Waals surface area contributed by atoms with Gasteiger partial charge in [0.25, 0.3) is 5.91 Å². The molecule has 0 aliphatic carbocycles. The SMILES string of the molecule is COc1ccccc1-n1c(=O)[nH]c2c(C(N)=O)nc(-c3ccc(-c4ncn[nH]4)cc3)nc21. The molecule has 5 rings (SSSR count). The Labute approximate surface area is 179 Å². The summed E-state index contributed by atoms with van der Waals surface area (Å²) in [4.78, 5) is 40.6. The molecular weight excluding hydrogens is 412 g/mol. The highest BCUT2D eigenvalue weighted by molar-refractivity contribution is 6.02. The maximum absolute atomic E-state index is 12.8. The molecule has 0 radical (unpaired) electrons. The predicted octanol–water partition coefficient (Wildman–Crippen LogP) is 1.67. The highest BCUT2D eigenvalue weighted by atomic mass is 16.5. The third-order valence-electron chi connectivity index (χ3n) is 4.93. The second kappa shape index (κ2) is 7.47. The number of nitrogens with two attached hydrogens (primary N) is 1. The Bertz CT molecular complexity index is 1500. The Morgan fingerprint density at radius 3 is 2.50 bits per heavy atom. The molecule has 0 atom stereocenters. The summed E-state index contributed by atoms with van der Waals surface area (Å²) in [5.74, 6) is 0.525. The topological polar surface area (TPSA) is 157 Å². The first-order valence-corrected chi connectivity index (χ1v) is 9.49. The summed E-state index contributed by atoms with van der Waals surface area (Å²) in [7, 11) is 1.50. The molecule has 0 saturated heterocycles. The van der Waals surface area contributed by atoms with Crippen LogP contribution in [0.2, 0.25) is 0 Å². The molecule has 2 aromatic carbocycles. The monoisotopic (exact) mass is 428 g/mol. The number of nitrogens with zero attached hydrogens (tertiary/aromatic N) is 5. The molecule has 11 nitrogen and oxygen atoms in total. The van der Waals surface area contributed by atoms with Crippen molar-refractivity contribution in [3.05, 3.63) is 71.0 Å². The van der Waals surface area contributed by atoms with Crippen molar-refractivity contribution in [3.63, 3.8) is 0 Å². The highest BCUT2D eigenvalue weighted by Gasteiger charge is 2.21. The number of benzene rings is 2. The standard InChI is InChI=1S/C21H16N8O3/c1-32-14-5-3-2-4-13(14)29-20-16(26-21(29)31)15(17(22)30)25-19(27-20)12-8-6-11(7-9-12)18-23-10-24-28-18/h2-10H,1H3,(H2,22,30)(H,26,31)(H,23,24,28). The van der Waals surface area contributed by atoms with E-state index in [0.29, 0.717) is 22.8 Å². The number of nitrogens with one attached hydrogen (secondary N) is 2. The number of para-hydroxylation sites is 2. The van der Waals surface area contributed by atoms with E-state index in [9.17, 15) is 9.59 Å². The van der Waals surface area contributed by atoms with Crippen molar-refractivity contribution >= 4 is 17.1 Å². The zero-order valence-electron chi connectivity index (χ0n) is 16.7. The number of ether oxygens (including phenoxy) is 1. The molecule has 0 unspecified atom stereocenters. The zero-order valence-corrected chi connectivity index (χ0v) is 16.7. The van der Waals surface area contributed by atoms with Crippen LogP contribution in [0.5, 0.6) is 5.75 Å². The molecule has 3 aromatic heterocycles. The second-order valence-electron chi connectivity index (χ2n) is 6.81. The quantitative estimate of drug-likeness (QED) is 0.384. The van der Waals surface area contributed by atoms with Gasteiger partial charge in [-0.1, -0.05) is 36.4 Å². The van der Waals surface area contributed by atoms with Gasteiger partial charge in [0.2, 0.25) is 0 Å². The largest absolute Gasteiger partial charge is 0.495 e. The maximum Gasteiger partial charge on any atom is 0.332 e. The molecule has 0 saturated carbocycles. The molecular formula is C21H16N8O3. The normalized spacial score (nSPS) is 11.0. The molecule has 0 aliphatic heterocycles. The van der Waals surface area contributed by atoms with Crippen LogP contribution in [0.25, 0.3) is 39.6 Å². The minimum Gasteiger partial charge on any atom is -0.495 e. The number of imidazole rings is 1. The van der Waals surface area contributed by atoms with Gasteiger partial charge in [0.05, 0.1) is 12.8 Å². The van der Waals surface area contributed by atoms with Crippen molar-refractivity contribution in [1.29, 1.82) is 0 Å². The van der Waals surface area contributed by atoms with E-state index in [1.54, 1.807) is 36.4 Å². The number of primary amides is 1. The lowest BCUT2D eigenvalue weighted by molar-refractivity contribution is 0.0997. The minimum atomic E-state index is -0.787. The summed E-state index contributed by atoms with van der Waals surface area (Å²) in [5.41, 5.74) is 7.23. The summed E-state index contributed by atoms with van der Waals surface area (Å²) in [6, 6.07) is 14.2. The lowest BCUT2D eigenvalue weighted by Crippen LogP contribution is -2.16. The van der Waals surface area contributed by atoms with Crippen LogP contribution >= 0.6 is 0 Å². The van der Waals surface area contributed by atoms with E-state index in [-0.39, 0.29) is 22.7 Å². The van der Waals surface area contributed by atoms with E-state index in [1.165, 1.54) is 18.0 Å². The molecule has 0 aliphatic rings. The van der Waals surface area contributed by atoms with Gasteiger partial charge in [0.15, 0.2) is 23.0 Å². The smallest absolute Gasteiger partial charge is 0.332 e. The number of aromatic amines is 2. The molecule has 32 heavy (non-hydrogen) atoms. The lowest BCUT2D eigenvalue weighted by Gasteiger charge is -2.10. The zero-order chi connectivity index (χ0) is 22.2. The molecule has 0 fully saturated rings. The van der Waals surface area contributed by atoms with E-state index >= 15 is 0 Å². The minimum absolute atomic E-state index is 0.0879. The number of methoxy groups -OCH3 is 1. The fraction of sp³-hybridized carbons (Fsp3) is 0.0476. The first-order chi connectivity index (χ1) is 15.6. The molecule has 11 heteroatoms. The molecule has 3 heterocycles. The van der Waals surface area contributed by atoms with Crippen molar-refractivity contribution in [3.8, 4) is 34.2 Å². The number of carbonyl (C=O) groups is 1. The van der Waals surface area contributed by atoms with Gasteiger partial charge in [0.1, 0.15) is 17.6 Å². The van der Waals surface area contributed by atoms with E-state index in [4.69, 9.17) is 10.5 Å². The van der Waals surface area contributed by atoms with E-state index in [0.717, 1.165) is 5.56 Å². The maximum atomic E-state index is 12.8. The molecule has 0 bridgehead atoms. The Morgan fingerprint density at radius 1 is 1.06 bits per heavy atom. The van der Waals surface area contributed by atoms with Crippen LogP contribution in [0.15, 0.2) is 59.7 Å². The van der Waals surface area contributed by atoms with Crippen molar-refractivity contribution in [2.75, 3.05) is 7.11 Å². The average molecular weight is 428 g/mol. The first-order valence-electron chi connectivity index (χ1n) is 9.49. The van der Waals surface area contributed by atoms with Crippen molar-refractivity contribution in [2.45, 2.75) is 0 Å². The number of hydrogen-bond acceptors (Lipinski definition) is 7. The molecule has 0 spiro atoms.